The highest BCUT2D eigenvalue weighted by Crippen LogP contribution is 2.25. The molecule has 6 nitrogen and oxygen atoms in total. The molecule has 1 fully saturated rings. The van der Waals surface area contributed by atoms with E-state index < -0.39 is 10.0 Å². The van der Waals surface area contributed by atoms with Crippen molar-refractivity contribution < 1.29 is 8.42 Å². The van der Waals surface area contributed by atoms with Crippen LogP contribution in [0.5, 0.6) is 0 Å². The first-order chi connectivity index (χ1) is 9.52. The Morgan fingerprint density at radius 3 is 2.52 bits per heavy atom. The van der Waals surface area contributed by atoms with Crippen molar-refractivity contribution in [1.82, 2.24) is 19.4 Å². The third-order valence-electron chi connectivity index (χ3n) is 3.75. The smallest absolute Gasteiger partial charge is 0.246 e. The highest BCUT2D eigenvalue weighted by Gasteiger charge is 2.32. The first-order valence-corrected chi connectivity index (χ1v) is 8.72. The molecule has 122 valence electrons. The van der Waals surface area contributed by atoms with Crippen molar-refractivity contribution in [3.05, 3.63) is 11.4 Å². The van der Waals surface area contributed by atoms with E-state index in [0.717, 1.165) is 18.7 Å². The third kappa shape index (κ3) is 3.59. The normalized spacial score (nSPS) is 17.3. The molecular weight excluding hydrogens is 312 g/mol. The molecule has 2 heterocycles. The molecule has 0 amide bonds. The minimum absolute atomic E-state index is 0. The molecule has 0 unspecified atom stereocenters. The first kappa shape index (κ1) is 18.4. The van der Waals surface area contributed by atoms with Crippen molar-refractivity contribution >= 4 is 22.4 Å². The van der Waals surface area contributed by atoms with Gasteiger partial charge in [-0.2, -0.15) is 9.40 Å². The lowest BCUT2D eigenvalue weighted by Crippen LogP contribution is -2.35. The Hall–Kier alpha value is -0.630. The monoisotopic (exact) mass is 336 g/mol. The van der Waals surface area contributed by atoms with Gasteiger partial charge in [-0.05, 0) is 25.8 Å². The molecule has 1 aliphatic rings. The van der Waals surface area contributed by atoms with Gasteiger partial charge in [0, 0.05) is 26.7 Å². The van der Waals surface area contributed by atoms with E-state index in [1.807, 2.05) is 20.9 Å². The van der Waals surface area contributed by atoms with E-state index in [-0.39, 0.29) is 12.4 Å². The second-order valence-electron chi connectivity index (χ2n) is 5.06. The third-order valence-corrected chi connectivity index (χ3v) is 5.78. The molecule has 1 saturated heterocycles. The average Bonchev–Trinajstić information content (AvgIpc) is 2.61. The van der Waals surface area contributed by atoms with Crippen LogP contribution in [0.25, 0.3) is 0 Å². The average molecular weight is 337 g/mol. The molecule has 0 atom stereocenters. The summed E-state index contributed by atoms with van der Waals surface area (Å²) in [6, 6.07) is 0. The molecule has 0 saturated carbocycles. The SMILES string of the molecule is CCc1nn(C)c(CC)c1S(=O)(=O)N1CCCNCC1.Cl. The molecule has 1 N–H and O–H groups in total. The van der Waals surface area contributed by atoms with E-state index in [9.17, 15) is 8.42 Å². The summed E-state index contributed by atoms with van der Waals surface area (Å²) in [5, 5.41) is 7.62. The van der Waals surface area contributed by atoms with Crippen molar-refractivity contribution in [3.8, 4) is 0 Å². The molecule has 0 bridgehead atoms. The Bertz CT molecular complexity index is 563. The van der Waals surface area contributed by atoms with Crippen LogP contribution in [0.1, 0.15) is 31.7 Å². The molecule has 1 aromatic heterocycles. The van der Waals surface area contributed by atoms with Crippen LogP contribution in [0, 0.1) is 0 Å². The lowest BCUT2D eigenvalue weighted by atomic mass is 10.2. The number of hydrogen-bond acceptors (Lipinski definition) is 4. The maximum atomic E-state index is 13.0. The lowest BCUT2D eigenvalue weighted by Gasteiger charge is -2.20. The maximum absolute atomic E-state index is 13.0. The number of rotatable bonds is 4. The fourth-order valence-electron chi connectivity index (χ4n) is 2.71. The number of nitrogens with one attached hydrogen (secondary N) is 1. The van der Waals surface area contributed by atoms with E-state index >= 15 is 0 Å². The van der Waals surface area contributed by atoms with Gasteiger partial charge in [0.25, 0.3) is 0 Å². The van der Waals surface area contributed by atoms with Crippen LogP contribution in [-0.2, 0) is 29.9 Å². The molecule has 0 aliphatic carbocycles. The van der Waals surface area contributed by atoms with Crippen LogP contribution in [-0.4, -0.2) is 48.7 Å². The van der Waals surface area contributed by atoms with Crippen LogP contribution in [0.3, 0.4) is 0 Å². The summed E-state index contributed by atoms with van der Waals surface area (Å²) in [5.41, 5.74) is 1.49. The molecule has 0 spiro atoms. The zero-order valence-electron chi connectivity index (χ0n) is 12.9. The van der Waals surface area contributed by atoms with Crippen LogP contribution in [0.2, 0.25) is 0 Å². The van der Waals surface area contributed by atoms with Crippen molar-refractivity contribution in [2.24, 2.45) is 7.05 Å². The van der Waals surface area contributed by atoms with Gasteiger partial charge in [-0.1, -0.05) is 13.8 Å². The van der Waals surface area contributed by atoms with Gasteiger partial charge < -0.3 is 5.32 Å². The fraction of sp³-hybridized carbons (Fsp3) is 0.769. The zero-order valence-corrected chi connectivity index (χ0v) is 14.6. The summed E-state index contributed by atoms with van der Waals surface area (Å²) in [5.74, 6) is 0. The summed E-state index contributed by atoms with van der Waals surface area (Å²) in [7, 11) is -1.62. The second kappa shape index (κ2) is 7.58. The molecule has 0 radical (unpaired) electrons. The summed E-state index contributed by atoms with van der Waals surface area (Å²) in [6.45, 7) is 6.62. The van der Waals surface area contributed by atoms with Crippen LogP contribution >= 0.6 is 12.4 Å². The molecule has 8 heteroatoms. The van der Waals surface area contributed by atoms with Gasteiger partial charge in [0.1, 0.15) is 4.90 Å². The molecule has 21 heavy (non-hydrogen) atoms. The van der Waals surface area contributed by atoms with E-state index in [0.29, 0.717) is 43.1 Å². The minimum Gasteiger partial charge on any atom is -0.315 e. The van der Waals surface area contributed by atoms with Crippen LogP contribution < -0.4 is 5.32 Å². The van der Waals surface area contributed by atoms with E-state index in [1.165, 1.54) is 0 Å². The molecule has 2 rings (SSSR count). The van der Waals surface area contributed by atoms with Crippen molar-refractivity contribution in [2.75, 3.05) is 26.2 Å². The van der Waals surface area contributed by atoms with E-state index in [4.69, 9.17) is 0 Å². The molecular formula is C13H25ClN4O2S. The van der Waals surface area contributed by atoms with Gasteiger partial charge in [-0.3, -0.25) is 4.68 Å². The molecule has 1 aromatic rings. The second-order valence-corrected chi connectivity index (χ2v) is 6.94. The molecule has 1 aliphatic heterocycles. The summed E-state index contributed by atoms with van der Waals surface area (Å²) >= 11 is 0. The quantitative estimate of drug-likeness (QED) is 0.889. The van der Waals surface area contributed by atoms with Crippen LogP contribution in [0.15, 0.2) is 4.90 Å². The number of aromatic nitrogens is 2. The fourth-order valence-corrected chi connectivity index (χ4v) is 4.73. The predicted molar refractivity (Wildman–Crippen MR) is 85.5 cm³/mol. The Balaban J connectivity index is 0.00000220. The minimum atomic E-state index is -3.44. The van der Waals surface area contributed by atoms with Gasteiger partial charge in [0.05, 0.1) is 11.4 Å². The van der Waals surface area contributed by atoms with Gasteiger partial charge in [0.2, 0.25) is 10.0 Å². The topological polar surface area (TPSA) is 67.2 Å². The number of nitrogens with zero attached hydrogens (tertiary/aromatic N) is 3. The lowest BCUT2D eigenvalue weighted by molar-refractivity contribution is 0.430. The van der Waals surface area contributed by atoms with Crippen molar-refractivity contribution in [2.45, 2.75) is 38.0 Å². The largest absolute Gasteiger partial charge is 0.315 e. The van der Waals surface area contributed by atoms with Crippen molar-refractivity contribution in [1.29, 1.82) is 0 Å². The number of halogens is 1. The summed E-state index contributed by atoms with van der Waals surface area (Å²) in [6.07, 6.45) is 2.15. The Morgan fingerprint density at radius 1 is 1.19 bits per heavy atom. The van der Waals surface area contributed by atoms with E-state index in [1.54, 1.807) is 8.99 Å². The van der Waals surface area contributed by atoms with Crippen LogP contribution in [0.4, 0.5) is 0 Å². The maximum Gasteiger partial charge on any atom is 0.246 e. The molecule has 0 aromatic carbocycles. The Labute approximate surface area is 133 Å². The van der Waals surface area contributed by atoms with Gasteiger partial charge in [-0.25, -0.2) is 8.42 Å². The van der Waals surface area contributed by atoms with Crippen molar-refractivity contribution in [3.63, 3.8) is 0 Å². The predicted octanol–water partition coefficient (Wildman–Crippen LogP) is 0.951. The number of aryl methyl sites for hydroxylation is 2. The Morgan fingerprint density at radius 2 is 1.90 bits per heavy atom. The standard InChI is InChI=1S/C13H24N4O2S.ClH/c1-4-11-13(12(5-2)16(3)15-11)20(18,19)17-9-6-7-14-8-10-17;/h14H,4-10H2,1-3H3;1H. The highest BCUT2D eigenvalue weighted by atomic mass is 35.5. The number of sulfonamides is 1. The van der Waals surface area contributed by atoms with Gasteiger partial charge in [-0.15, -0.1) is 12.4 Å². The van der Waals surface area contributed by atoms with E-state index in [2.05, 4.69) is 10.4 Å². The van der Waals surface area contributed by atoms with Gasteiger partial charge in [0.15, 0.2) is 0 Å². The first-order valence-electron chi connectivity index (χ1n) is 7.28. The Kier molecular flexibility index (Phi) is 6.65. The number of hydrogen-bond donors (Lipinski definition) is 1. The van der Waals surface area contributed by atoms with Gasteiger partial charge >= 0.3 is 0 Å². The summed E-state index contributed by atoms with van der Waals surface area (Å²) in [4.78, 5) is 0.437. The zero-order chi connectivity index (χ0) is 14.8. The summed E-state index contributed by atoms with van der Waals surface area (Å²) < 4.78 is 29.2. The highest BCUT2D eigenvalue weighted by molar-refractivity contribution is 7.89.